The highest BCUT2D eigenvalue weighted by Gasteiger charge is 2.18. The zero-order chi connectivity index (χ0) is 14.8. The Morgan fingerprint density at radius 1 is 1.25 bits per heavy atom. The Morgan fingerprint density at radius 3 is 2.40 bits per heavy atom. The predicted octanol–water partition coefficient (Wildman–Crippen LogP) is 0.941. The normalized spacial score (nSPS) is 24.6. The Balaban J connectivity index is 2.29. The highest BCUT2D eigenvalue weighted by atomic mass is 16.6. The Labute approximate surface area is 120 Å². The van der Waals surface area contributed by atoms with Crippen LogP contribution < -0.4 is 0 Å². The van der Waals surface area contributed by atoms with E-state index < -0.39 is 5.97 Å². The molecule has 2 atom stereocenters. The maximum atomic E-state index is 11.0. The van der Waals surface area contributed by atoms with Crippen LogP contribution in [0.4, 0.5) is 0 Å². The number of hydrogen-bond donors (Lipinski definition) is 0. The number of esters is 1. The van der Waals surface area contributed by atoms with Crippen LogP contribution >= 0.6 is 0 Å². The van der Waals surface area contributed by atoms with E-state index in [4.69, 9.17) is 23.7 Å². The molecule has 0 aromatic carbocycles. The molecule has 1 fully saturated rings. The Bertz CT molecular complexity index is 291. The summed E-state index contributed by atoms with van der Waals surface area (Å²) in [5.41, 5.74) is 0. The van der Waals surface area contributed by atoms with Gasteiger partial charge in [0.05, 0.1) is 39.1 Å². The molecule has 116 valence electrons. The van der Waals surface area contributed by atoms with Gasteiger partial charge in [0, 0.05) is 6.08 Å². The lowest BCUT2D eigenvalue weighted by Gasteiger charge is -2.18. The molecular formula is C14H24O6. The molecule has 1 aliphatic heterocycles. The average Bonchev–Trinajstić information content (AvgIpc) is 2.54. The Hall–Kier alpha value is -0.950. The fourth-order valence-corrected chi connectivity index (χ4v) is 1.58. The Kier molecular flexibility index (Phi) is 8.45. The summed E-state index contributed by atoms with van der Waals surface area (Å²) < 4.78 is 27.1. The van der Waals surface area contributed by atoms with E-state index in [1.165, 1.54) is 0 Å². The van der Waals surface area contributed by atoms with E-state index in [2.05, 4.69) is 6.58 Å². The largest absolute Gasteiger partial charge is 0.460 e. The second-order valence-corrected chi connectivity index (χ2v) is 4.74. The molecule has 6 heteroatoms. The molecule has 0 spiro atoms. The van der Waals surface area contributed by atoms with Gasteiger partial charge in [0.15, 0.2) is 0 Å². The number of rotatable bonds is 6. The first-order chi connectivity index (χ1) is 9.61. The van der Waals surface area contributed by atoms with E-state index in [9.17, 15) is 4.79 Å². The van der Waals surface area contributed by atoms with Gasteiger partial charge in [-0.05, 0) is 13.8 Å². The van der Waals surface area contributed by atoms with Crippen molar-refractivity contribution < 1.29 is 28.5 Å². The number of ether oxygens (including phenoxy) is 5. The SMILES string of the molecule is C=CC(=O)OCC1COCC(COC(C)C)OCCO1. The minimum absolute atomic E-state index is 0.101. The predicted molar refractivity (Wildman–Crippen MR) is 72.5 cm³/mol. The molecule has 0 aliphatic carbocycles. The van der Waals surface area contributed by atoms with Gasteiger partial charge in [0.1, 0.15) is 18.8 Å². The van der Waals surface area contributed by atoms with Gasteiger partial charge in [-0.1, -0.05) is 6.58 Å². The van der Waals surface area contributed by atoms with Crippen LogP contribution in [0.25, 0.3) is 0 Å². The fraction of sp³-hybridized carbons (Fsp3) is 0.786. The van der Waals surface area contributed by atoms with Crippen molar-refractivity contribution in [3.05, 3.63) is 12.7 Å². The molecule has 1 aliphatic rings. The van der Waals surface area contributed by atoms with E-state index in [1.807, 2.05) is 13.8 Å². The summed E-state index contributed by atoms with van der Waals surface area (Å²) in [6.45, 7) is 9.61. The van der Waals surface area contributed by atoms with Crippen molar-refractivity contribution in [3.8, 4) is 0 Å². The van der Waals surface area contributed by atoms with Crippen LogP contribution in [0.1, 0.15) is 13.8 Å². The molecule has 0 N–H and O–H groups in total. The standard InChI is InChI=1S/C14H24O6/c1-4-14(15)20-10-13-8-16-7-12(9-19-11(2)3)17-5-6-18-13/h4,11-13H,1,5-10H2,2-3H3. The van der Waals surface area contributed by atoms with E-state index >= 15 is 0 Å². The van der Waals surface area contributed by atoms with E-state index in [-0.39, 0.29) is 24.9 Å². The van der Waals surface area contributed by atoms with Crippen molar-refractivity contribution in [1.29, 1.82) is 0 Å². The summed E-state index contributed by atoms with van der Waals surface area (Å²) in [5.74, 6) is -0.465. The van der Waals surface area contributed by atoms with Gasteiger partial charge in [-0.25, -0.2) is 4.79 Å². The summed E-state index contributed by atoms with van der Waals surface area (Å²) in [6.07, 6.45) is 0.898. The average molecular weight is 288 g/mol. The lowest BCUT2D eigenvalue weighted by Crippen LogP contribution is -2.29. The van der Waals surface area contributed by atoms with Gasteiger partial charge < -0.3 is 23.7 Å². The van der Waals surface area contributed by atoms with Gasteiger partial charge in [0.2, 0.25) is 0 Å². The molecule has 0 aromatic rings. The number of hydrogen-bond acceptors (Lipinski definition) is 6. The zero-order valence-electron chi connectivity index (χ0n) is 12.2. The van der Waals surface area contributed by atoms with Gasteiger partial charge in [-0.3, -0.25) is 0 Å². The van der Waals surface area contributed by atoms with Crippen molar-refractivity contribution in [1.82, 2.24) is 0 Å². The van der Waals surface area contributed by atoms with Crippen LogP contribution in [0.15, 0.2) is 12.7 Å². The maximum absolute atomic E-state index is 11.0. The fourth-order valence-electron chi connectivity index (χ4n) is 1.58. The van der Waals surface area contributed by atoms with Crippen LogP contribution in [0.5, 0.6) is 0 Å². The molecule has 0 bridgehead atoms. The zero-order valence-corrected chi connectivity index (χ0v) is 12.2. The van der Waals surface area contributed by atoms with Gasteiger partial charge in [-0.15, -0.1) is 0 Å². The molecule has 2 unspecified atom stereocenters. The molecule has 1 rings (SSSR count). The summed E-state index contributed by atoms with van der Waals surface area (Å²) in [4.78, 5) is 11.0. The second kappa shape index (κ2) is 9.88. The molecule has 0 radical (unpaired) electrons. The summed E-state index contributed by atoms with van der Waals surface area (Å²) in [7, 11) is 0. The second-order valence-electron chi connectivity index (χ2n) is 4.74. The third kappa shape index (κ3) is 7.59. The van der Waals surface area contributed by atoms with Gasteiger partial charge >= 0.3 is 5.97 Å². The van der Waals surface area contributed by atoms with Crippen molar-refractivity contribution in [2.24, 2.45) is 0 Å². The molecule has 0 aromatic heterocycles. The first-order valence-electron chi connectivity index (χ1n) is 6.83. The lowest BCUT2D eigenvalue weighted by atomic mass is 10.3. The monoisotopic (exact) mass is 288 g/mol. The third-order valence-electron chi connectivity index (χ3n) is 2.59. The van der Waals surface area contributed by atoms with Crippen LogP contribution in [0, 0.1) is 0 Å². The van der Waals surface area contributed by atoms with Crippen LogP contribution in [0.3, 0.4) is 0 Å². The van der Waals surface area contributed by atoms with Crippen molar-refractivity contribution in [2.45, 2.75) is 32.2 Å². The molecule has 20 heavy (non-hydrogen) atoms. The van der Waals surface area contributed by atoms with Crippen LogP contribution in [-0.2, 0) is 28.5 Å². The highest BCUT2D eigenvalue weighted by Crippen LogP contribution is 2.04. The Morgan fingerprint density at radius 2 is 1.85 bits per heavy atom. The molecular weight excluding hydrogens is 264 g/mol. The van der Waals surface area contributed by atoms with E-state index in [0.717, 1.165) is 6.08 Å². The van der Waals surface area contributed by atoms with E-state index in [0.29, 0.717) is 33.0 Å². The first-order valence-corrected chi connectivity index (χ1v) is 6.83. The lowest BCUT2D eigenvalue weighted by molar-refractivity contribution is -0.143. The number of carbonyl (C=O) groups excluding carboxylic acids is 1. The third-order valence-corrected chi connectivity index (χ3v) is 2.59. The summed E-state index contributed by atoms with van der Waals surface area (Å²) in [5, 5.41) is 0. The maximum Gasteiger partial charge on any atom is 0.330 e. The highest BCUT2D eigenvalue weighted by molar-refractivity contribution is 5.81. The van der Waals surface area contributed by atoms with Crippen LogP contribution in [0.2, 0.25) is 0 Å². The topological polar surface area (TPSA) is 63.2 Å². The molecule has 6 nitrogen and oxygen atoms in total. The first kappa shape index (κ1) is 17.1. The van der Waals surface area contributed by atoms with Gasteiger partial charge in [-0.2, -0.15) is 0 Å². The summed E-state index contributed by atoms with van der Waals surface area (Å²) >= 11 is 0. The van der Waals surface area contributed by atoms with Gasteiger partial charge in [0.25, 0.3) is 0 Å². The quantitative estimate of drug-likeness (QED) is 0.535. The number of carbonyl (C=O) groups is 1. The van der Waals surface area contributed by atoms with Crippen molar-refractivity contribution in [2.75, 3.05) is 39.6 Å². The van der Waals surface area contributed by atoms with Crippen LogP contribution in [-0.4, -0.2) is 63.9 Å². The molecule has 1 saturated heterocycles. The molecule has 0 saturated carbocycles. The van der Waals surface area contributed by atoms with Crippen molar-refractivity contribution >= 4 is 5.97 Å². The molecule has 0 amide bonds. The minimum atomic E-state index is -0.465. The molecule has 1 heterocycles. The smallest absolute Gasteiger partial charge is 0.330 e. The minimum Gasteiger partial charge on any atom is -0.460 e. The van der Waals surface area contributed by atoms with E-state index in [1.54, 1.807) is 0 Å². The van der Waals surface area contributed by atoms with Crippen molar-refractivity contribution in [3.63, 3.8) is 0 Å². The summed E-state index contributed by atoms with van der Waals surface area (Å²) in [6, 6.07) is 0.